The molecule has 0 spiro atoms. The summed E-state index contributed by atoms with van der Waals surface area (Å²) in [6, 6.07) is 7.52. The van der Waals surface area contributed by atoms with Crippen LogP contribution in [0, 0.1) is 0 Å². The van der Waals surface area contributed by atoms with Gasteiger partial charge in [0, 0.05) is 0 Å². The number of rotatable bonds is 4. The molecule has 0 atom stereocenters. The molecule has 1 amide bonds. The molecule has 0 bridgehead atoms. The summed E-state index contributed by atoms with van der Waals surface area (Å²) in [6.07, 6.45) is 5.07. The molecule has 1 heterocycles. The lowest BCUT2D eigenvalue weighted by Gasteiger charge is -2.17. The Morgan fingerprint density at radius 3 is 2.58 bits per heavy atom. The van der Waals surface area contributed by atoms with E-state index in [1.165, 1.54) is 30.6 Å². The van der Waals surface area contributed by atoms with Crippen molar-refractivity contribution < 1.29 is 14.4 Å². The van der Waals surface area contributed by atoms with Crippen molar-refractivity contribution in [1.29, 1.82) is 0 Å². The highest BCUT2D eigenvalue weighted by atomic mass is 16.5. The van der Waals surface area contributed by atoms with E-state index in [1.807, 2.05) is 24.3 Å². The van der Waals surface area contributed by atoms with Crippen LogP contribution in [0.4, 0.5) is 5.69 Å². The third kappa shape index (κ3) is 4.24. The second kappa shape index (κ2) is 7.14. The fourth-order valence-corrected chi connectivity index (χ4v) is 2.57. The van der Waals surface area contributed by atoms with Crippen molar-refractivity contribution in [3.8, 4) is 5.75 Å². The zero-order valence-electron chi connectivity index (χ0n) is 11.6. The summed E-state index contributed by atoms with van der Waals surface area (Å²) < 4.78 is 5.23. The number of anilines is 1. The molecule has 19 heavy (non-hydrogen) atoms. The van der Waals surface area contributed by atoms with Crippen molar-refractivity contribution in [3.05, 3.63) is 24.3 Å². The quantitative estimate of drug-likeness (QED) is 0.854. The third-order valence-corrected chi connectivity index (χ3v) is 3.60. The first kappa shape index (κ1) is 13.9. The Bertz CT molecular complexity index is 412. The number of quaternary nitrogens is 1. The van der Waals surface area contributed by atoms with Gasteiger partial charge in [0.15, 0.2) is 6.54 Å². The number of likely N-dealkylation sites (tertiary alicyclic amines) is 1. The van der Waals surface area contributed by atoms with Gasteiger partial charge in [-0.05, 0) is 37.8 Å². The fraction of sp³-hybridized carbons (Fsp3) is 0.533. The number of benzene rings is 1. The summed E-state index contributed by atoms with van der Waals surface area (Å²) in [6.45, 7) is 2.77. The van der Waals surface area contributed by atoms with E-state index in [-0.39, 0.29) is 5.91 Å². The molecule has 104 valence electrons. The molecular formula is C15H23N2O2+. The summed E-state index contributed by atoms with van der Waals surface area (Å²) in [4.78, 5) is 13.5. The second-order valence-electron chi connectivity index (χ2n) is 5.09. The van der Waals surface area contributed by atoms with E-state index in [1.54, 1.807) is 7.11 Å². The van der Waals surface area contributed by atoms with Crippen LogP contribution in [0.1, 0.15) is 25.7 Å². The lowest BCUT2D eigenvalue weighted by atomic mass is 10.2. The highest BCUT2D eigenvalue weighted by molar-refractivity contribution is 5.92. The predicted molar refractivity (Wildman–Crippen MR) is 75.7 cm³/mol. The number of carbonyl (C=O) groups excluding carboxylic acids is 1. The first-order chi connectivity index (χ1) is 9.29. The molecular weight excluding hydrogens is 240 g/mol. The van der Waals surface area contributed by atoms with E-state index in [0.29, 0.717) is 12.3 Å². The Morgan fingerprint density at radius 2 is 1.89 bits per heavy atom. The van der Waals surface area contributed by atoms with E-state index in [4.69, 9.17) is 4.74 Å². The van der Waals surface area contributed by atoms with Crippen molar-refractivity contribution in [2.45, 2.75) is 25.7 Å². The highest BCUT2D eigenvalue weighted by Crippen LogP contribution is 2.22. The van der Waals surface area contributed by atoms with Crippen LogP contribution < -0.4 is 15.0 Å². The molecule has 4 nitrogen and oxygen atoms in total. The van der Waals surface area contributed by atoms with Gasteiger partial charge in [-0.2, -0.15) is 0 Å². The summed E-state index contributed by atoms with van der Waals surface area (Å²) in [7, 11) is 1.62. The molecule has 1 aliphatic heterocycles. The average molecular weight is 263 g/mol. The van der Waals surface area contributed by atoms with Gasteiger partial charge in [0.2, 0.25) is 0 Å². The summed E-state index contributed by atoms with van der Waals surface area (Å²) >= 11 is 0. The Morgan fingerprint density at radius 1 is 1.21 bits per heavy atom. The number of ether oxygens (including phenoxy) is 1. The zero-order valence-corrected chi connectivity index (χ0v) is 11.6. The van der Waals surface area contributed by atoms with E-state index in [0.717, 1.165) is 18.8 Å². The number of amides is 1. The highest BCUT2D eigenvalue weighted by Gasteiger charge is 2.17. The molecule has 0 aliphatic carbocycles. The van der Waals surface area contributed by atoms with Gasteiger partial charge in [0.05, 0.1) is 25.9 Å². The maximum absolute atomic E-state index is 12.1. The largest absolute Gasteiger partial charge is 0.495 e. The first-order valence-corrected chi connectivity index (χ1v) is 7.06. The van der Waals surface area contributed by atoms with Gasteiger partial charge in [-0.15, -0.1) is 0 Å². The number of para-hydroxylation sites is 2. The van der Waals surface area contributed by atoms with Crippen LogP contribution in [0.15, 0.2) is 24.3 Å². The predicted octanol–water partition coefficient (Wildman–Crippen LogP) is 1.09. The van der Waals surface area contributed by atoms with Gasteiger partial charge >= 0.3 is 0 Å². The third-order valence-electron chi connectivity index (χ3n) is 3.60. The molecule has 0 radical (unpaired) electrons. The molecule has 0 saturated carbocycles. The van der Waals surface area contributed by atoms with Crippen LogP contribution >= 0.6 is 0 Å². The molecule has 4 heteroatoms. The minimum Gasteiger partial charge on any atom is -0.495 e. The van der Waals surface area contributed by atoms with Crippen molar-refractivity contribution in [2.24, 2.45) is 0 Å². The topological polar surface area (TPSA) is 42.8 Å². The molecule has 1 aliphatic rings. The SMILES string of the molecule is COc1ccccc1NC(=O)C[NH+]1CCCCCC1. The first-order valence-electron chi connectivity index (χ1n) is 7.06. The summed E-state index contributed by atoms with van der Waals surface area (Å²) in [5.41, 5.74) is 0.754. The lowest BCUT2D eigenvalue weighted by molar-refractivity contribution is -0.890. The van der Waals surface area contributed by atoms with Gasteiger partial charge in [-0.3, -0.25) is 4.79 Å². The molecule has 0 aromatic heterocycles. The van der Waals surface area contributed by atoms with Gasteiger partial charge in [0.1, 0.15) is 5.75 Å². The molecule has 1 fully saturated rings. The minimum absolute atomic E-state index is 0.0707. The Kier molecular flexibility index (Phi) is 5.21. The maximum Gasteiger partial charge on any atom is 0.279 e. The Hall–Kier alpha value is -1.55. The van der Waals surface area contributed by atoms with Crippen LogP contribution in [0.3, 0.4) is 0 Å². The van der Waals surface area contributed by atoms with Crippen LogP contribution in [-0.4, -0.2) is 32.7 Å². The summed E-state index contributed by atoms with van der Waals surface area (Å²) in [5, 5.41) is 2.94. The summed E-state index contributed by atoms with van der Waals surface area (Å²) in [5.74, 6) is 0.781. The van der Waals surface area contributed by atoms with Gasteiger partial charge in [0.25, 0.3) is 5.91 Å². The monoisotopic (exact) mass is 263 g/mol. The van der Waals surface area contributed by atoms with Gasteiger partial charge < -0.3 is 15.0 Å². The van der Waals surface area contributed by atoms with Crippen LogP contribution in [0.25, 0.3) is 0 Å². The number of hydrogen-bond donors (Lipinski definition) is 2. The molecule has 0 unspecified atom stereocenters. The van der Waals surface area contributed by atoms with E-state index in [2.05, 4.69) is 5.32 Å². The van der Waals surface area contributed by atoms with Crippen LogP contribution in [0.5, 0.6) is 5.75 Å². The molecule has 2 N–H and O–H groups in total. The van der Waals surface area contributed by atoms with E-state index < -0.39 is 0 Å². The van der Waals surface area contributed by atoms with E-state index in [9.17, 15) is 4.79 Å². The molecule has 2 rings (SSSR count). The van der Waals surface area contributed by atoms with Crippen molar-refractivity contribution >= 4 is 11.6 Å². The standard InChI is InChI=1S/C15H22N2O2/c1-19-14-9-5-4-8-13(14)16-15(18)12-17-10-6-2-3-7-11-17/h4-5,8-9H,2-3,6-7,10-12H2,1H3,(H,16,18)/p+1. The number of nitrogens with one attached hydrogen (secondary N) is 2. The lowest BCUT2D eigenvalue weighted by Crippen LogP contribution is -3.12. The van der Waals surface area contributed by atoms with E-state index >= 15 is 0 Å². The Balaban J connectivity index is 1.89. The molecule has 1 saturated heterocycles. The molecule has 1 aromatic rings. The van der Waals surface area contributed by atoms with Crippen LogP contribution in [-0.2, 0) is 4.79 Å². The smallest absolute Gasteiger partial charge is 0.279 e. The van der Waals surface area contributed by atoms with Crippen molar-refractivity contribution in [3.63, 3.8) is 0 Å². The second-order valence-corrected chi connectivity index (χ2v) is 5.09. The van der Waals surface area contributed by atoms with Crippen molar-refractivity contribution in [2.75, 3.05) is 32.1 Å². The zero-order chi connectivity index (χ0) is 13.5. The van der Waals surface area contributed by atoms with Crippen molar-refractivity contribution in [1.82, 2.24) is 0 Å². The Labute approximate surface area is 114 Å². The van der Waals surface area contributed by atoms with Gasteiger partial charge in [-0.1, -0.05) is 12.1 Å². The maximum atomic E-state index is 12.1. The average Bonchev–Trinajstić information content (AvgIpc) is 2.68. The number of carbonyl (C=O) groups is 1. The normalized spacial score (nSPS) is 16.7. The fourth-order valence-electron chi connectivity index (χ4n) is 2.57. The minimum atomic E-state index is 0.0707. The van der Waals surface area contributed by atoms with Gasteiger partial charge in [-0.25, -0.2) is 0 Å². The molecule has 1 aromatic carbocycles. The number of methoxy groups -OCH3 is 1. The number of hydrogen-bond acceptors (Lipinski definition) is 2. The van der Waals surface area contributed by atoms with Crippen LogP contribution in [0.2, 0.25) is 0 Å².